The second-order valence-electron chi connectivity index (χ2n) is 3.20. The van der Waals surface area contributed by atoms with Gasteiger partial charge in [0.25, 0.3) is 0 Å². The van der Waals surface area contributed by atoms with E-state index in [1.807, 2.05) is 13.0 Å². The minimum absolute atomic E-state index is 0.0318. The second-order valence-corrected chi connectivity index (χ2v) is 3.20. The molecule has 1 aromatic rings. The summed E-state index contributed by atoms with van der Waals surface area (Å²) in [6, 6.07) is 1.92. The highest BCUT2D eigenvalue weighted by molar-refractivity contribution is 6.46. The van der Waals surface area contributed by atoms with E-state index >= 15 is 0 Å². The maximum atomic E-state index is 11.2. The minimum Gasteiger partial charge on any atom is -0.293 e. The molecule has 0 aromatic carbocycles. The number of aryl methyl sites for hydroxylation is 1. The molecule has 0 bridgehead atoms. The van der Waals surface area contributed by atoms with Crippen LogP contribution in [0.25, 0.3) is 0 Å². The van der Waals surface area contributed by atoms with E-state index in [1.54, 1.807) is 13.1 Å². The zero-order valence-corrected chi connectivity index (χ0v) is 7.66. The van der Waals surface area contributed by atoms with E-state index in [0.29, 0.717) is 12.3 Å². The van der Waals surface area contributed by atoms with Crippen LogP contribution in [0.4, 0.5) is 0 Å². The Hall–Kier alpha value is -1.51. The lowest BCUT2D eigenvalue weighted by molar-refractivity contribution is -0.111. The van der Waals surface area contributed by atoms with Crippen LogP contribution >= 0.6 is 0 Å². The number of pyridine rings is 1. The number of hydrogen-bond donors (Lipinski definition) is 0. The summed E-state index contributed by atoms with van der Waals surface area (Å²) in [6.07, 6.45) is 1.80. The van der Waals surface area contributed by atoms with Crippen LogP contribution in [-0.4, -0.2) is 16.5 Å². The quantitative estimate of drug-likeness (QED) is 0.643. The number of aromatic nitrogens is 1. The molecule has 0 atom stereocenters. The van der Waals surface area contributed by atoms with Crippen molar-refractivity contribution < 1.29 is 4.79 Å². The van der Waals surface area contributed by atoms with Crippen molar-refractivity contribution in [2.75, 3.05) is 0 Å². The molecule has 0 fully saturated rings. The first-order valence-corrected chi connectivity index (χ1v) is 4.20. The number of fused-ring (bicyclic) bond motifs is 1. The number of Topliss-reactive ketones (excluding diaryl/α,β-unsaturated/α-hetero) is 1. The van der Waals surface area contributed by atoms with Gasteiger partial charge in [-0.2, -0.15) is 0 Å². The normalized spacial score (nSPS) is 13.8. The molecule has 13 heavy (non-hydrogen) atoms. The summed E-state index contributed by atoms with van der Waals surface area (Å²) in [5, 5.41) is 0. The molecule has 0 aliphatic carbocycles. The highest BCUT2D eigenvalue weighted by atomic mass is 16.1. The standard InChI is InChI=1S/C10H10N2O/c1-6-3-9-8(4-11-6)5-12-10(9)7(2)13/h3-4H,5H2,1-2H3. The summed E-state index contributed by atoms with van der Waals surface area (Å²) in [4.78, 5) is 19.5. The number of nitrogens with zero attached hydrogens (tertiary/aromatic N) is 2. The molecular formula is C10H10N2O. The summed E-state index contributed by atoms with van der Waals surface area (Å²) in [7, 11) is 0. The third-order valence-corrected chi connectivity index (χ3v) is 2.12. The van der Waals surface area contributed by atoms with Crippen LogP contribution in [-0.2, 0) is 11.3 Å². The van der Waals surface area contributed by atoms with Gasteiger partial charge in [-0.1, -0.05) is 0 Å². The highest BCUT2D eigenvalue weighted by Crippen LogP contribution is 2.18. The van der Waals surface area contributed by atoms with Crippen LogP contribution in [0.15, 0.2) is 17.3 Å². The van der Waals surface area contributed by atoms with Crippen molar-refractivity contribution in [3.63, 3.8) is 0 Å². The van der Waals surface area contributed by atoms with Gasteiger partial charge in [0, 0.05) is 29.9 Å². The Morgan fingerprint density at radius 1 is 1.54 bits per heavy atom. The number of rotatable bonds is 1. The number of carbonyl (C=O) groups excluding carboxylic acids is 1. The lowest BCUT2D eigenvalue weighted by Crippen LogP contribution is -2.09. The number of carbonyl (C=O) groups is 1. The van der Waals surface area contributed by atoms with Crippen molar-refractivity contribution in [1.29, 1.82) is 0 Å². The molecule has 0 saturated heterocycles. The first kappa shape index (κ1) is 8.10. The van der Waals surface area contributed by atoms with Crippen molar-refractivity contribution in [3.8, 4) is 0 Å². The molecule has 2 heterocycles. The SMILES string of the molecule is CC(=O)C1=NCc2cnc(C)cc21. The molecule has 1 aliphatic rings. The number of aliphatic imine (C=N–C) groups is 1. The summed E-state index contributed by atoms with van der Waals surface area (Å²) >= 11 is 0. The average molecular weight is 174 g/mol. The Morgan fingerprint density at radius 2 is 2.31 bits per heavy atom. The highest BCUT2D eigenvalue weighted by Gasteiger charge is 2.19. The van der Waals surface area contributed by atoms with Crippen LogP contribution in [0.2, 0.25) is 0 Å². The van der Waals surface area contributed by atoms with Crippen LogP contribution in [0.1, 0.15) is 23.7 Å². The Kier molecular flexibility index (Phi) is 1.72. The smallest absolute Gasteiger partial charge is 0.178 e. The fourth-order valence-electron chi connectivity index (χ4n) is 1.48. The third kappa shape index (κ3) is 1.26. The Labute approximate surface area is 76.5 Å². The van der Waals surface area contributed by atoms with Crippen molar-refractivity contribution in [2.24, 2.45) is 4.99 Å². The van der Waals surface area contributed by atoms with Crippen LogP contribution in [0, 0.1) is 6.92 Å². The molecule has 0 unspecified atom stereocenters. The average Bonchev–Trinajstić information content (AvgIpc) is 2.46. The summed E-state index contributed by atoms with van der Waals surface area (Å²) in [6.45, 7) is 4.05. The zero-order chi connectivity index (χ0) is 9.42. The van der Waals surface area contributed by atoms with Gasteiger partial charge in [0.15, 0.2) is 5.78 Å². The molecule has 1 aliphatic heterocycles. The molecule has 0 amide bonds. The number of ketones is 1. The topological polar surface area (TPSA) is 42.3 Å². The maximum absolute atomic E-state index is 11.2. The first-order chi connectivity index (χ1) is 6.18. The summed E-state index contributed by atoms with van der Waals surface area (Å²) < 4.78 is 0. The Bertz CT molecular complexity index is 407. The van der Waals surface area contributed by atoms with Gasteiger partial charge in [-0.15, -0.1) is 0 Å². The van der Waals surface area contributed by atoms with E-state index in [-0.39, 0.29) is 5.78 Å². The lowest BCUT2D eigenvalue weighted by Gasteiger charge is -2.00. The molecule has 2 rings (SSSR count). The van der Waals surface area contributed by atoms with Gasteiger partial charge in [-0.05, 0) is 13.0 Å². The fourth-order valence-corrected chi connectivity index (χ4v) is 1.48. The molecule has 66 valence electrons. The molecule has 0 spiro atoms. The summed E-state index contributed by atoms with van der Waals surface area (Å²) in [5.74, 6) is 0.0318. The van der Waals surface area contributed by atoms with Gasteiger partial charge in [0.2, 0.25) is 0 Å². The van der Waals surface area contributed by atoms with Crippen LogP contribution in [0.5, 0.6) is 0 Å². The lowest BCUT2D eigenvalue weighted by atomic mass is 10.1. The Balaban J connectivity index is 2.54. The van der Waals surface area contributed by atoms with Crippen molar-refractivity contribution in [3.05, 3.63) is 29.1 Å². The van der Waals surface area contributed by atoms with E-state index < -0.39 is 0 Å². The molecule has 3 heteroatoms. The van der Waals surface area contributed by atoms with Gasteiger partial charge < -0.3 is 0 Å². The van der Waals surface area contributed by atoms with E-state index in [2.05, 4.69) is 9.98 Å². The van der Waals surface area contributed by atoms with E-state index in [4.69, 9.17) is 0 Å². The molecule has 1 aromatic heterocycles. The van der Waals surface area contributed by atoms with Gasteiger partial charge in [0.05, 0.1) is 6.54 Å². The molecule has 3 nitrogen and oxygen atoms in total. The number of hydrogen-bond acceptors (Lipinski definition) is 3. The molecule has 0 radical (unpaired) electrons. The van der Waals surface area contributed by atoms with Crippen molar-refractivity contribution >= 4 is 11.5 Å². The predicted octanol–water partition coefficient (Wildman–Crippen LogP) is 1.28. The minimum atomic E-state index is 0.0318. The predicted molar refractivity (Wildman–Crippen MR) is 49.9 cm³/mol. The fraction of sp³-hybridized carbons (Fsp3) is 0.300. The first-order valence-electron chi connectivity index (χ1n) is 4.20. The van der Waals surface area contributed by atoms with Crippen LogP contribution < -0.4 is 0 Å². The van der Waals surface area contributed by atoms with Gasteiger partial charge >= 0.3 is 0 Å². The van der Waals surface area contributed by atoms with E-state index in [9.17, 15) is 4.79 Å². The molecule has 0 saturated carbocycles. The van der Waals surface area contributed by atoms with E-state index in [0.717, 1.165) is 16.8 Å². The molecular weight excluding hydrogens is 164 g/mol. The summed E-state index contributed by atoms with van der Waals surface area (Å²) in [5.41, 5.74) is 3.53. The van der Waals surface area contributed by atoms with E-state index in [1.165, 1.54) is 0 Å². The second kappa shape index (κ2) is 2.76. The Morgan fingerprint density at radius 3 is 3.00 bits per heavy atom. The van der Waals surface area contributed by atoms with Gasteiger partial charge in [-0.3, -0.25) is 14.8 Å². The third-order valence-electron chi connectivity index (χ3n) is 2.12. The molecule has 0 N–H and O–H groups in total. The zero-order valence-electron chi connectivity index (χ0n) is 7.66. The monoisotopic (exact) mass is 174 g/mol. The maximum Gasteiger partial charge on any atom is 0.178 e. The van der Waals surface area contributed by atoms with Crippen molar-refractivity contribution in [1.82, 2.24) is 4.98 Å². The van der Waals surface area contributed by atoms with Gasteiger partial charge in [-0.25, -0.2) is 0 Å². The van der Waals surface area contributed by atoms with Gasteiger partial charge in [0.1, 0.15) is 5.71 Å². The van der Waals surface area contributed by atoms with Crippen LogP contribution in [0.3, 0.4) is 0 Å². The van der Waals surface area contributed by atoms with Crippen molar-refractivity contribution in [2.45, 2.75) is 20.4 Å². The largest absolute Gasteiger partial charge is 0.293 e.